The molecule has 1 aromatic heterocycles. The van der Waals surface area contributed by atoms with Crippen molar-refractivity contribution >= 4 is 41.2 Å². The van der Waals surface area contributed by atoms with Gasteiger partial charge in [-0.25, -0.2) is 4.79 Å². The van der Waals surface area contributed by atoms with Crippen molar-refractivity contribution < 1.29 is 28.4 Å². The van der Waals surface area contributed by atoms with Crippen molar-refractivity contribution in [3.05, 3.63) is 70.2 Å². The number of nitrogens with one attached hydrogen (secondary N) is 1. The number of carbonyl (C=O) groups is 4. The second-order valence-corrected chi connectivity index (χ2v) is 7.59. The topological polar surface area (TPSA) is 119 Å². The number of fused-ring (bicyclic) bond motifs is 1. The zero-order valence-corrected chi connectivity index (χ0v) is 18.4. The molecule has 1 aliphatic rings. The lowest BCUT2D eigenvalue weighted by atomic mass is 10.1. The number of nitrogens with zero attached hydrogens (tertiary/aromatic N) is 2. The van der Waals surface area contributed by atoms with Gasteiger partial charge in [0.05, 0.1) is 17.7 Å². The first-order valence-electron chi connectivity index (χ1n) is 10.0. The number of hydrogen-bond acceptors (Lipinski definition) is 7. The number of halogens is 1. The number of esters is 1. The number of anilines is 1. The fourth-order valence-corrected chi connectivity index (χ4v) is 3.59. The van der Waals surface area contributed by atoms with Crippen LogP contribution in [-0.4, -0.2) is 46.4 Å². The van der Waals surface area contributed by atoms with Gasteiger partial charge in [-0.15, -0.1) is 0 Å². The number of benzene rings is 2. The van der Waals surface area contributed by atoms with E-state index in [0.29, 0.717) is 10.6 Å². The Labute approximate surface area is 193 Å². The molecule has 10 heteroatoms. The molecule has 33 heavy (non-hydrogen) atoms. The maximum Gasteiger partial charge on any atom is 0.346 e. The zero-order valence-electron chi connectivity index (χ0n) is 17.6. The summed E-state index contributed by atoms with van der Waals surface area (Å²) in [6.45, 7) is 3.12. The summed E-state index contributed by atoms with van der Waals surface area (Å²) in [4.78, 5) is 51.8. The number of hydrogen-bond donors (Lipinski definition) is 1. The van der Waals surface area contributed by atoms with Crippen LogP contribution in [0.1, 0.15) is 44.9 Å². The lowest BCUT2D eigenvalue weighted by molar-refractivity contribution is -0.119. The lowest BCUT2D eigenvalue weighted by Crippen LogP contribution is -2.45. The van der Waals surface area contributed by atoms with Crippen molar-refractivity contribution in [3.63, 3.8) is 0 Å². The van der Waals surface area contributed by atoms with Crippen molar-refractivity contribution in [2.45, 2.75) is 19.9 Å². The van der Waals surface area contributed by atoms with E-state index in [9.17, 15) is 19.2 Å². The normalized spacial score (nSPS) is 13.6. The second kappa shape index (κ2) is 8.87. The van der Waals surface area contributed by atoms with Gasteiger partial charge in [-0.05, 0) is 38.1 Å². The molecule has 3 aromatic rings. The Bertz CT molecular complexity index is 1230. The van der Waals surface area contributed by atoms with Crippen molar-refractivity contribution in [2.24, 2.45) is 0 Å². The van der Waals surface area contributed by atoms with E-state index in [1.165, 1.54) is 19.1 Å². The molecule has 1 atom stereocenters. The van der Waals surface area contributed by atoms with Gasteiger partial charge in [-0.3, -0.25) is 24.6 Å². The quantitative estimate of drug-likeness (QED) is 0.432. The molecule has 1 aliphatic heterocycles. The van der Waals surface area contributed by atoms with Gasteiger partial charge in [-0.1, -0.05) is 41.0 Å². The molecule has 2 aromatic carbocycles. The molecule has 3 amide bonds. The summed E-state index contributed by atoms with van der Waals surface area (Å²) >= 11 is 5.93. The van der Waals surface area contributed by atoms with Crippen LogP contribution in [0.2, 0.25) is 5.02 Å². The Kier molecular flexibility index (Phi) is 5.97. The standard InChI is InChI=1S/C23H18ClN3O6/c1-3-32-23(31)17-18(13-8-10-14(24)11-9-13)26-33-20(17)25-19(28)12(2)27-21(29)15-6-4-5-7-16(15)22(27)30/h4-12H,3H2,1-2H3,(H,25,28). The van der Waals surface area contributed by atoms with E-state index in [4.69, 9.17) is 20.9 Å². The van der Waals surface area contributed by atoms with E-state index in [1.807, 2.05) is 0 Å². The number of rotatable bonds is 6. The average molecular weight is 468 g/mol. The Morgan fingerprint density at radius 2 is 1.70 bits per heavy atom. The fourth-order valence-electron chi connectivity index (χ4n) is 3.47. The number of aromatic nitrogens is 1. The highest BCUT2D eigenvalue weighted by Gasteiger charge is 2.41. The summed E-state index contributed by atoms with van der Waals surface area (Å²) in [5.74, 6) is -2.92. The van der Waals surface area contributed by atoms with Crippen LogP contribution in [-0.2, 0) is 9.53 Å². The van der Waals surface area contributed by atoms with Gasteiger partial charge >= 0.3 is 5.97 Å². The molecule has 2 heterocycles. The van der Waals surface area contributed by atoms with Gasteiger partial charge in [0.25, 0.3) is 11.8 Å². The largest absolute Gasteiger partial charge is 0.462 e. The van der Waals surface area contributed by atoms with E-state index < -0.39 is 29.7 Å². The van der Waals surface area contributed by atoms with Crippen LogP contribution < -0.4 is 5.32 Å². The van der Waals surface area contributed by atoms with Gasteiger partial charge in [0.1, 0.15) is 11.7 Å². The molecule has 0 fully saturated rings. The molecule has 9 nitrogen and oxygen atoms in total. The van der Waals surface area contributed by atoms with Crippen LogP contribution in [0.3, 0.4) is 0 Å². The molecule has 0 saturated heterocycles. The summed E-state index contributed by atoms with van der Waals surface area (Å²) in [6, 6.07) is 11.6. The molecular formula is C23H18ClN3O6. The number of amides is 3. The Hall–Kier alpha value is -3.98. The van der Waals surface area contributed by atoms with Crippen molar-refractivity contribution in [1.29, 1.82) is 0 Å². The Balaban J connectivity index is 1.63. The minimum Gasteiger partial charge on any atom is -0.462 e. The van der Waals surface area contributed by atoms with Crippen LogP contribution >= 0.6 is 11.6 Å². The molecular weight excluding hydrogens is 450 g/mol. The Morgan fingerprint density at radius 1 is 1.09 bits per heavy atom. The summed E-state index contributed by atoms with van der Waals surface area (Å²) in [7, 11) is 0. The summed E-state index contributed by atoms with van der Waals surface area (Å²) < 4.78 is 10.3. The van der Waals surface area contributed by atoms with Gasteiger partial charge in [0.2, 0.25) is 11.8 Å². The first-order chi connectivity index (χ1) is 15.8. The number of ether oxygens (including phenoxy) is 1. The minimum atomic E-state index is -1.18. The van der Waals surface area contributed by atoms with E-state index >= 15 is 0 Å². The second-order valence-electron chi connectivity index (χ2n) is 7.15. The Morgan fingerprint density at radius 3 is 2.27 bits per heavy atom. The molecule has 4 rings (SSSR count). The SMILES string of the molecule is CCOC(=O)c1c(-c2ccc(Cl)cc2)noc1NC(=O)C(C)N1C(=O)c2ccccc2C1=O. The van der Waals surface area contributed by atoms with Crippen LogP contribution in [0, 0.1) is 0 Å². The van der Waals surface area contributed by atoms with E-state index in [1.54, 1.807) is 43.3 Å². The lowest BCUT2D eigenvalue weighted by Gasteiger charge is -2.21. The molecule has 1 N–H and O–H groups in total. The van der Waals surface area contributed by atoms with Crippen molar-refractivity contribution in [1.82, 2.24) is 10.1 Å². The fraction of sp³-hybridized carbons (Fsp3) is 0.174. The van der Waals surface area contributed by atoms with Gasteiger partial charge in [0, 0.05) is 10.6 Å². The molecule has 0 saturated carbocycles. The molecule has 1 unspecified atom stereocenters. The molecule has 168 valence electrons. The van der Waals surface area contributed by atoms with Crippen LogP contribution in [0.25, 0.3) is 11.3 Å². The maximum absolute atomic E-state index is 13.0. The predicted molar refractivity (Wildman–Crippen MR) is 118 cm³/mol. The first-order valence-corrected chi connectivity index (χ1v) is 10.4. The van der Waals surface area contributed by atoms with Crippen molar-refractivity contribution in [3.8, 4) is 11.3 Å². The van der Waals surface area contributed by atoms with E-state index in [2.05, 4.69) is 10.5 Å². The highest BCUT2D eigenvalue weighted by atomic mass is 35.5. The van der Waals surface area contributed by atoms with Crippen molar-refractivity contribution in [2.75, 3.05) is 11.9 Å². The van der Waals surface area contributed by atoms with E-state index in [0.717, 1.165) is 4.90 Å². The minimum absolute atomic E-state index is 0.0862. The average Bonchev–Trinajstić information content (AvgIpc) is 3.33. The third-order valence-corrected chi connectivity index (χ3v) is 5.37. The smallest absolute Gasteiger partial charge is 0.346 e. The highest BCUT2D eigenvalue weighted by molar-refractivity contribution is 6.30. The summed E-state index contributed by atoms with van der Waals surface area (Å²) in [6.07, 6.45) is 0. The number of carbonyl (C=O) groups excluding carboxylic acids is 4. The molecule has 0 spiro atoms. The van der Waals surface area contributed by atoms with Crippen LogP contribution in [0.15, 0.2) is 53.1 Å². The van der Waals surface area contributed by atoms with Gasteiger partial charge in [0.15, 0.2) is 5.56 Å². The summed E-state index contributed by atoms with van der Waals surface area (Å²) in [5, 5.41) is 6.85. The molecule has 0 aliphatic carbocycles. The molecule has 0 radical (unpaired) electrons. The summed E-state index contributed by atoms with van der Waals surface area (Å²) in [5.41, 5.74) is 1.01. The van der Waals surface area contributed by atoms with Gasteiger partial charge in [-0.2, -0.15) is 0 Å². The maximum atomic E-state index is 13.0. The van der Waals surface area contributed by atoms with Crippen LogP contribution in [0.5, 0.6) is 0 Å². The third-order valence-electron chi connectivity index (χ3n) is 5.12. The first kappa shape index (κ1) is 22.2. The highest BCUT2D eigenvalue weighted by Crippen LogP contribution is 2.31. The predicted octanol–water partition coefficient (Wildman–Crippen LogP) is 3.79. The number of imide groups is 1. The zero-order chi connectivity index (χ0) is 23.7. The van der Waals surface area contributed by atoms with E-state index in [-0.39, 0.29) is 34.9 Å². The third kappa shape index (κ3) is 3.98. The monoisotopic (exact) mass is 467 g/mol. The van der Waals surface area contributed by atoms with Crippen LogP contribution in [0.4, 0.5) is 5.88 Å². The van der Waals surface area contributed by atoms with Gasteiger partial charge < -0.3 is 9.26 Å². The molecule has 0 bridgehead atoms.